The van der Waals surface area contributed by atoms with Gasteiger partial charge in [-0.3, -0.25) is 4.68 Å². The highest BCUT2D eigenvalue weighted by Crippen LogP contribution is 2.28. The second-order valence-corrected chi connectivity index (χ2v) is 4.83. The zero-order chi connectivity index (χ0) is 12.1. The van der Waals surface area contributed by atoms with Crippen LogP contribution in [0.4, 0.5) is 5.82 Å². The maximum Gasteiger partial charge on any atom is 0.145 e. The zero-order valence-electron chi connectivity index (χ0n) is 10.5. The Morgan fingerprint density at radius 3 is 3.00 bits per heavy atom. The molecule has 0 bridgehead atoms. The normalized spacial score (nSPS) is 15.6. The molecule has 5 heteroatoms. The van der Waals surface area contributed by atoms with E-state index in [-0.39, 0.29) is 0 Å². The first-order valence-electron chi connectivity index (χ1n) is 6.29. The van der Waals surface area contributed by atoms with E-state index in [0.29, 0.717) is 5.82 Å². The summed E-state index contributed by atoms with van der Waals surface area (Å²) >= 11 is 0. The number of nitrogens with zero attached hydrogens (tertiary/aromatic N) is 3. The van der Waals surface area contributed by atoms with Gasteiger partial charge in [-0.1, -0.05) is 0 Å². The first-order chi connectivity index (χ1) is 8.24. The zero-order valence-corrected chi connectivity index (χ0v) is 10.5. The van der Waals surface area contributed by atoms with Gasteiger partial charge in [0.2, 0.25) is 0 Å². The van der Waals surface area contributed by atoms with Crippen LogP contribution in [0, 0.1) is 5.92 Å². The van der Waals surface area contributed by atoms with E-state index < -0.39 is 0 Å². The van der Waals surface area contributed by atoms with Crippen molar-refractivity contribution < 1.29 is 4.74 Å². The number of nitrogen functional groups attached to an aromatic ring is 1. The molecule has 0 radical (unpaired) electrons. The molecule has 1 aromatic heterocycles. The lowest BCUT2D eigenvalue weighted by molar-refractivity contribution is 0.102. The molecule has 1 saturated carbocycles. The van der Waals surface area contributed by atoms with Crippen molar-refractivity contribution in [3.63, 3.8) is 0 Å². The van der Waals surface area contributed by atoms with Crippen molar-refractivity contribution in [2.24, 2.45) is 5.92 Å². The van der Waals surface area contributed by atoms with E-state index in [4.69, 9.17) is 10.5 Å². The fourth-order valence-corrected chi connectivity index (χ4v) is 1.64. The van der Waals surface area contributed by atoms with Crippen molar-refractivity contribution in [1.82, 2.24) is 14.7 Å². The molecule has 0 atom stereocenters. The van der Waals surface area contributed by atoms with E-state index in [1.165, 1.54) is 12.8 Å². The number of hydrogen-bond acceptors (Lipinski definition) is 4. The SMILES string of the molecule is CN(CCOCC1CC1)CCn1ccc(N)n1. The van der Waals surface area contributed by atoms with Crippen LogP contribution in [0.15, 0.2) is 12.3 Å². The Morgan fingerprint density at radius 2 is 2.35 bits per heavy atom. The molecule has 0 spiro atoms. The first kappa shape index (κ1) is 12.4. The van der Waals surface area contributed by atoms with E-state index in [1.807, 2.05) is 16.9 Å². The van der Waals surface area contributed by atoms with Crippen molar-refractivity contribution in [1.29, 1.82) is 0 Å². The Kier molecular flexibility index (Phi) is 4.39. The maximum atomic E-state index is 5.60. The highest BCUT2D eigenvalue weighted by Gasteiger charge is 2.20. The van der Waals surface area contributed by atoms with Crippen LogP contribution < -0.4 is 5.73 Å². The standard InChI is InChI=1S/C12H22N4O/c1-15(8-9-17-10-11-2-3-11)6-7-16-5-4-12(13)14-16/h4-5,11H,2-3,6-10H2,1H3,(H2,13,14). The fourth-order valence-electron chi connectivity index (χ4n) is 1.64. The Morgan fingerprint density at radius 1 is 1.53 bits per heavy atom. The molecule has 1 heterocycles. The average Bonchev–Trinajstić information content (AvgIpc) is 3.04. The molecule has 96 valence electrons. The molecule has 1 fully saturated rings. The fraction of sp³-hybridized carbons (Fsp3) is 0.750. The minimum absolute atomic E-state index is 0.584. The highest BCUT2D eigenvalue weighted by molar-refractivity contribution is 5.23. The minimum atomic E-state index is 0.584. The van der Waals surface area contributed by atoms with Gasteiger partial charge >= 0.3 is 0 Å². The molecule has 2 N–H and O–H groups in total. The maximum absolute atomic E-state index is 5.60. The van der Waals surface area contributed by atoms with Gasteiger partial charge in [-0.15, -0.1) is 0 Å². The van der Waals surface area contributed by atoms with Gasteiger partial charge in [0.05, 0.1) is 13.2 Å². The summed E-state index contributed by atoms with van der Waals surface area (Å²) in [5.41, 5.74) is 5.55. The third-order valence-corrected chi connectivity index (χ3v) is 3.04. The van der Waals surface area contributed by atoms with Crippen LogP contribution >= 0.6 is 0 Å². The van der Waals surface area contributed by atoms with E-state index >= 15 is 0 Å². The summed E-state index contributed by atoms with van der Waals surface area (Å²) in [6.45, 7) is 4.59. The van der Waals surface area contributed by atoms with E-state index in [0.717, 1.165) is 38.8 Å². The molecule has 1 aliphatic carbocycles. The predicted octanol–water partition coefficient (Wildman–Crippen LogP) is 0.824. The quantitative estimate of drug-likeness (QED) is 0.681. The smallest absolute Gasteiger partial charge is 0.145 e. The lowest BCUT2D eigenvalue weighted by atomic mass is 10.4. The van der Waals surface area contributed by atoms with Gasteiger partial charge in [-0.05, 0) is 31.9 Å². The molecule has 0 amide bonds. The molecule has 0 aliphatic heterocycles. The van der Waals surface area contributed by atoms with Crippen molar-refractivity contribution in [2.75, 3.05) is 39.1 Å². The van der Waals surface area contributed by atoms with Crippen molar-refractivity contribution >= 4 is 5.82 Å². The average molecular weight is 238 g/mol. The van der Waals surface area contributed by atoms with E-state index in [9.17, 15) is 0 Å². The minimum Gasteiger partial charge on any atom is -0.382 e. The Balaban J connectivity index is 1.52. The lowest BCUT2D eigenvalue weighted by Gasteiger charge is -2.16. The van der Waals surface area contributed by atoms with Gasteiger partial charge in [0, 0.05) is 25.9 Å². The number of rotatable bonds is 8. The first-order valence-corrected chi connectivity index (χ1v) is 6.29. The van der Waals surface area contributed by atoms with Crippen LogP contribution in [0.25, 0.3) is 0 Å². The highest BCUT2D eigenvalue weighted by atomic mass is 16.5. The number of anilines is 1. The van der Waals surface area contributed by atoms with Crippen molar-refractivity contribution in [2.45, 2.75) is 19.4 Å². The molecule has 0 unspecified atom stereocenters. The van der Waals surface area contributed by atoms with Gasteiger partial charge in [0.15, 0.2) is 0 Å². The summed E-state index contributed by atoms with van der Waals surface area (Å²) in [7, 11) is 2.10. The Hall–Kier alpha value is -1.07. The Labute approximate surface area is 103 Å². The summed E-state index contributed by atoms with van der Waals surface area (Å²) in [5, 5.41) is 4.15. The molecule has 2 rings (SSSR count). The van der Waals surface area contributed by atoms with Crippen LogP contribution in [0.1, 0.15) is 12.8 Å². The summed E-state index contributed by atoms with van der Waals surface area (Å²) in [6, 6.07) is 1.82. The molecule has 1 aromatic rings. The molecule has 0 aromatic carbocycles. The predicted molar refractivity (Wildman–Crippen MR) is 67.7 cm³/mol. The van der Waals surface area contributed by atoms with E-state index in [1.54, 1.807) is 0 Å². The Bertz CT molecular complexity index is 335. The molecule has 5 nitrogen and oxygen atoms in total. The summed E-state index contributed by atoms with van der Waals surface area (Å²) < 4.78 is 7.47. The third-order valence-electron chi connectivity index (χ3n) is 3.04. The van der Waals surface area contributed by atoms with Crippen LogP contribution in [-0.2, 0) is 11.3 Å². The number of nitrogens with two attached hydrogens (primary N) is 1. The molecule has 0 saturated heterocycles. The van der Waals surface area contributed by atoms with Gasteiger partial charge in [0.25, 0.3) is 0 Å². The summed E-state index contributed by atoms with van der Waals surface area (Å²) in [4.78, 5) is 2.25. The second-order valence-electron chi connectivity index (χ2n) is 4.83. The van der Waals surface area contributed by atoms with Crippen LogP contribution in [0.2, 0.25) is 0 Å². The second kappa shape index (κ2) is 6.02. The number of aromatic nitrogens is 2. The van der Waals surface area contributed by atoms with Gasteiger partial charge < -0.3 is 15.4 Å². The molecule has 1 aliphatic rings. The van der Waals surface area contributed by atoms with Gasteiger partial charge in [0.1, 0.15) is 5.82 Å². The van der Waals surface area contributed by atoms with Crippen LogP contribution in [0.3, 0.4) is 0 Å². The van der Waals surface area contributed by atoms with E-state index in [2.05, 4.69) is 17.0 Å². The molecular weight excluding hydrogens is 216 g/mol. The molecule has 17 heavy (non-hydrogen) atoms. The van der Waals surface area contributed by atoms with Gasteiger partial charge in [-0.25, -0.2) is 0 Å². The topological polar surface area (TPSA) is 56.3 Å². The summed E-state index contributed by atoms with van der Waals surface area (Å²) in [6.07, 6.45) is 4.62. The van der Waals surface area contributed by atoms with Crippen molar-refractivity contribution in [3.8, 4) is 0 Å². The number of hydrogen-bond donors (Lipinski definition) is 1. The van der Waals surface area contributed by atoms with Crippen LogP contribution in [-0.4, -0.2) is 48.0 Å². The summed E-state index contributed by atoms with van der Waals surface area (Å²) in [5.74, 6) is 1.44. The van der Waals surface area contributed by atoms with Crippen LogP contribution in [0.5, 0.6) is 0 Å². The lowest BCUT2D eigenvalue weighted by Crippen LogP contribution is -2.27. The monoisotopic (exact) mass is 238 g/mol. The van der Waals surface area contributed by atoms with Gasteiger partial charge in [-0.2, -0.15) is 5.10 Å². The van der Waals surface area contributed by atoms with Crippen molar-refractivity contribution in [3.05, 3.63) is 12.3 Å². The largest absolute Gasteiger partial charge is 0.382 e. The third kappa shape index (κ3) is 4.75. The molecular formula is C12H22N4O. The number of likely N-dealkylation sites (N-methyl/N-ethyl adjacent to an activating group) is 1. The number of ether oxygens (including phenoxy) is 1.